The highest BCUT2D eigenvalue weighted by molar-refractivity contribution is 6.01. The maximum atomic E-state index is 11.5. The van der Waals surface area contributed by atoms with Crippen molar-refractivity contribution < 1.29 is 19.1 Å². The Kier molecular flexibility index (Phi) is 4.27. The Morgan fingerprint density at radius 2 is 1.88 bits per heavy atom. The van der Waals surface area contributed by atoms with E-state index in [1.54, 1.807) is 0 Å². The number of ether oxygens (including phenoxy) is 2. The van der Waals surface area contributed by atoms with Crippen molar-refractivity contribution in [2.24, 2.45) is 5.18 Å². The molecular formula is C10H10N2O5. The lowest BCUT2D eigenvalue weighted by molar-refractivity contribution is -0.154. The Labute approximate surface area is 96.7 Å². The highest BCUT2D eigenvalue weighted by atomic mass is 16.5. The smallest absolute Gasteiger partial charge is 0.324 e. The largest absolute Gasteiger partial charge is 0.468 e. The van der Waals surface area contributed by atoms with Crippen LogP contribution >= 0.6 is 0 Å². The van der Waals surface area contributed by atoms with Crippen LogP contribution in [0, 0.1) is 4.91 Å². The van der Waals surface area contributed by atoms with Crippen LogP contribution in [0.4, 0.5) is 5.69 Å². The third-order valence-electron chi connectivity index (χ3n) is 2.12. The number of rotatable bonds is 4. The first kappa shape index (κ1) is 12.8. The summed E-state index contributed by atoms with van der Waals surface area (Å²) in [5.74, 6) is -2.98. The number of carbonyl (C=O) groups excluding carboxylic acids is 2. The molecule has 0 spiro atoms. The van der Waals surface area contributed by atoms with Crippen molar-refractivity contribution in [2.75, 3.05) is 14.2 Å². The van der Waals surface area contributed by atoms with E-state index in [4.69, 9.17) is 0 Å². The van der Waals surface area contributed by atoms with Crippen LogP contribution in [0.2, 0.25) is 0 Å². The first-order valence-electron chi connectivity index (χ1n) is 4.58. The Hall–Kier alpha value is -2.31. The van der Waals surface area contributed by atoms with Gasteiger partial charge in [0, 0.05) is 11.8 Å². The molecule has 0 saturated carbocycles. The molecule has 1 rings (SSSR count). The normalized spacial score (nSPS) is 9.82. The van der Waals surface area contributed by atoms with Crippen molar-refractivity contribution in [3.63, 3.8) is 0 Å². The van der Waals surface area contributed by atoms with E-state index in [0.29, 0.717) is 0 Å². The van der Waals surface area contributed by atoms with Crippen molar-refractivity contribution >= 4 is 17.6 Å². The SMILES string of the molecule is COC(=O)C(C(=O)OC)c1ccncc1N=O. The summed E-state index contributed by atoms with van der Waals surface area (Å²) in [6.45, 7) is 0. The molecule has 0 N–H and O–H groups in total. The van der Waals surface area contributed by atoms with Crippen LogP contribution in [-0.4, -0.2) is 31.1 Å². The number of esters is 2. The second-order valence-corrected chi connectivity index (χ2v) is 3.01. The predicted octanol–water partition coefficient (Wildman–Crippen LogP) is 0.909. The fourth-order valence-electron chi connectivity index (χ4n) is 1.30. The van der Waals surface area contributed by atoms with E-state index in [0.717, 1.165) is 20.4 Å². The maximum Gasteiger partial charge on any atom is 0.324 e. The molecule has 0 bridgehead atoms. The number of nitrogens with zero attached hydrogens (tertiary/aromatic N) is 2. The van der Waals surface area contributed by atoms with Crippen LogP contribution in [0.15, 0.2) is 23.6 Å². The van der Waals surface area contributed by atoms with Crippen LogP contribution in [-0.2, 0) is 19.1 Å². The molecule has 17 heavy (non-hydrogen) atoms. The second-order valence-electron chi connectivity index (χ2n) is 3.01. The molecule has 0 saturated heterocycles. The minimum atomic E-state index is -1.33. The fourth-order valence-corrected chi connectivity index (χ4v) is 1.30. The number of pyridine rings is 1. The number of methoxy groups -OCH3 is 2. The Bertz CT molecular complexity index is 430. The van der Waals surface area contributed by atoms with Crippen LogP contribution in [0.1, 0.15) is 11.5 Å². The fraction of sp³-hybridized carbons (Fsp3) is 0.300. The van der Waals surface area contributed by atoms with Gasteiger partial charge >= 0.3 is 11.9 Å². The van der Waals surface area contributed by atoms with Crippen molar-refractivity contribution in [1.82, 2.24) is 4.98 Å². The van der Waals surface area contributed by atoms with Crippen LogP contribution in [0.5, 0.6) is 0 Å². The molecule has 0 aliphatic carbocycles. The summed E-state index contributed by atoms with van der Waals surface area (Å²) in [7, 11) is 2.26. The standard InChI is InChI=1S/C10H10N2O5/c1-16-9(13)8(10(14)17-2)6-3-4-11-5-7(6)12-15/h3-5,8H,1-2H3. The average molecular weight is 238 g/mol. The van der Waals surface area contributed by atoms with Gasteiger partial charge in [-0.3, -0.25) is 14.6 Å². The van der Waals surface area contributed by atoms with Crippen LogP contribution in [0.25, 0.3) is 0 Å². The summed E-state index contributed by atoms with van der Waals surface area (Å²) in [6.07, 6.45) is 2.49. The molecule has 1 aromatic heterocycles. The zero-order valence-corrected chi connectivity index (χ0v) is 9.25. The van der Waals surface area contributed by atoms with E-state index in [9.17, 15) is 14.5 Å². The number of hydrogen-bond donors (Lipinski definition) is 0. The molecule has 7 nitrogen and oxygen atoms in total. The van der Waals surface area contributed by atoms with Crippen LogP contribution in [0.3, 0.4) is 0 Å². The summed E-state index contributed by atoms with van der Waals surface area (Å²) in [6, 6.07) is 1.34. The van der Waals surface area contributed by atoms with Crippen LogP contribution < -0.4 is 0 Å². The molecule has 0 fully saturated rings. The lowest BCUT2D eigenvalue weighted by atomic mass is 9.99. The zero-order valence-electron chi connectivity index (χ0n) is 9.25. The van der Waals surface area contributed by atoms with Gasteiger partial charge in [0.15, 0.2) is 5.92 Å². The third kappa shape index (κ3) is 2.63. The van der Waals surface area contributed by atoms with E-state index >= 15 is 0 Å². The van der Waals surface area contributed by atoms with Gasteiger partial charge in [-0.1, -0.05) is 0 Å². The molecule has 1 heterocycles. The van der Waals surface area contributed by atoms with Gasteiger partial charge in [-0.2, -0.15) is 0 Å². The Morgan fingerprint density at radius 1 is 1.29 bits per heavy atom. The van der Waals surface area contributed by atoms with Gasteiger partial charge < -0.3 is 9.47 Å². The maximum absolute atomic E-state index is 11.5. The first-order valence-corrected chi connectivity index (χ1v) is 4.58. The lowest BCUT2D eigenvalue weighted by Gasteiger charge is -2.13. The van der Waals surface area contributed by atoms with Gasteiger partial charge in [-0.15, -0.1) is 4.91 Å². The third-order valence-corrected chi connectivity index (χ3v) is 2.12. The quantitative estimate of drug-likeness (QED) is 0.439. The van der Waals surface area contributed by atoms with E-state index in [2.05, 4.69) is 19.6 Å². The Morgan fingerprint density at radius 3 is 2.35 bits per heavy atom. The van der Waals surface area contributed by atoms with Crippen molar-refractivity contribution in [3.05, 3.63) is 28.9 Å². The van der Waals surface area contributed by atoms with Crippen molar-refractivity contribution in [3.8, 4) is 0 Å². The summed E-state index contributed by atoms with van der Waals surface area (Å²) < 4.78 is 8.97. The highest BCUT2D eigenvalue weighted by Crippen LogP contribution is 2.27. The molecule has 0 radical (unpaired) electrons. The second kappa shape index (κ2) is 5.69. The minimum absolute atomic E-state index is 0.103. The monoisotopic (exact) mass is 238 g/mol. The molecule has 0 aromatic carbocycles. The first-order chi connectivity index (χ1) is 8.15. The molecule has 90 valence electrons. The van der Waals surface area contributed by atoms with Gasteiger partial charge in [0.25, 0.3) is 0 Å². The minimum Gasteiger partial charge on any atom is -0.468 e. The van der Waals surface area contributed by atoms with Gasteiger partial charge in [-0.05, 0) is 11.2 Å². The van der Waals surface area contributed by atoms with E-state index < -0.39 is 17.9 Å². The van der Waals surface area contributed by atoms with E-state index in [1.165, 1.54) is 12.3 Å². The average Bonchev–Trinajstić information content (AvgIpc) is 2.39. The number of hydrogen-bond acceptors (Lipinski definition) is 7. The van der Waals surface area contributed by atoms with Gasteiger partial charge in [0.1, 0.15) is 5.69 Å². The molecular weight excluding hydrogens is 228 g/mol. The molecule has 0 amide bonds. The van der Waals surface area contributed by atoms with Gasteiger partial charge in [-0.25, -0.2) is 0 Å². The molecule has 0 unspecified atom stereocenters. The highest BCUT2D eigenvalue weighted by Gasteiger charge is 2.33. The molecule has 0 atom stereocenters. The number of nitroso groups, excluding NO2 is 1. The van der Waals surface area contributed by atoms with E-state index in [-0.39, 0.29) is 11.3 Å². The number of carbonyl (C=O) groups is 2. The van der Waals surface area contributed by atoms with Crippen molar-refractivity contribution in [1.29, 1.82) is 0 Å². The van der Waals surface area contributed by atoms with Gasteiger partial charge in [0.2, 0.25) is 0 Å². The molecule has 0 aliphatic heterocycles. The molecule has 7 heteroatoms. The summed E-state index contributed by atoms with van der Waals surface area (Å²) in [4.78, 5) is 37.2. The predicted molar refractivity (Wildman–Crippen MR) is 56.5 cm³/mol. The summed E-state index contributed by atoms with van der Waals surface area (Å²) in [5.41, 5.74) is 0.00185. The summed E-state index contributed by atoms with van der Waals surface area (Å²) in [5, 5.41) is 2.70. The van der Waals surface area contributed by atoms with E-state index in [1.807, 2.05) is 0 Å². The van der Waals surface area contributed by atoms with Crippen molar-refractivity contribution in [2.45, 2.75) is 5.92 Å². The van der Waals surface area contributed by atoms with Gasteiger partial charge in [0.05, 0.1) is 20.4 Å². The number of aromatic nitrogens is 1. The Balaban J connectivity index is 3.26. The molecule has 1 aromatic rings. The summed E-state index contributed by atoms with van der Waals surface area (Å²) >= 11 is 0. The topological polar surface area (TPSA) is 94.9 Å². The molecule has 0 aliphatic rings. The lowest BCUT2D eigenvalue weighted by Crippen LogP contribution is -2.24. The zero-order chi connectivity index (χ0) is 12.8.